The largest absolute Gasteiger partial charge is 0.317 e. The van der Waals surface area contributed by atoms with Gasteiger partial charge in [-0.15, -0.1) is 0 Å². The second-order valence-electron chi connectivity index (χ2n) is 6.70. The third-order valence-corrected chi connectivity index (χ3v) is 5.58. The van der Waals surface area contributed by atoms with E-state index >= 15 is 0 Å². The molecule has 6 nitrogen and oxygen atoms in total. The summed E-state index contributed by atoms with van der Waals surface area (Å²) < 4.78 is 1.86. The zero-order valence-electron chi connectivity index (χ0n) is 14.3. The van der Waals surface area contributed by atoms with Crippen LogP contribution < -0.4 is 5.32 Å². The Hall–Kier alpha value is -2.02. The molecule has 3 aromatic rings. The van der Waals surface area contributed by atoms with Crippen LogP contribution in [0.15, 0.2) is 25.3 Å². The summed E-state index contributed by atoms with van der Waals surface area (Å²) in [6, 6.07) is 0. The number of fused-ring (bicyclic) bond motifs is 1. The van der Waals surface area contributed by atoms with Gasteiger partial charge in [0.05, 0.1) is 28.2 Å². The third kappa shape index (κ3) is 2.69. The van der Waals surface area contributed by atoms with Crippen LogP contribution in [0, 0.1) is 0 Å². The molecule has 0 aromatic carbocycles. The monoisotopic (exact) mass is 388 g/mol. The van der Waals surface area contributed by atoms with Gasteiger partial charge in [0.15, 0.2) is 5.65 Å². The second-order valence-corrected chi connectivity index (χ2v) is 7.46. The smallest absolute Gasteiger partial charge is 0.164 e. The summed E-state index contributed by atoms with van der Waals surface area (Å²) in [5.74, 6) is 0. The van der Waals surface area contributed by atoms with Crippen molar-refractivity contribution in [2.45, 2.75) is 25.2 Å². The molecule has 1 saturated heterocycles. The first-order valence-electron chi connectivity index (χ1n) is 8.42. The van der Waals surface area contributed by atoms with Crippen molar-refractivity contribution in [2.75, 3.05) is 13.1 Å². The van der Waals surface area contributed by atoms with E-state index in [4.69, 9.17) is 23.2 Å². The summed E-state index contributed by atoms with van der Waals surface area (Å²) in [6.45, 7) is 7.92. The molecule has 26 heavy (non-hydrogen) atoms. The van der Waals surface area contributed by atoms with Gasteiger partial charge in [-0.3, -0.25) is 0 Å². The first kappa shape index (κ1) is 17.4. The van der Waals surface area contributed by atoms with Crippen LogP contribution in [-0.2, 0) is 5.41 Å². The van der Waals surface area contributed by atoms with Gasteiger partial charge >= 0.3 is 0 Å². The zero-order valence-corrected chi connectivity index (χ0v) is 15.8. The van der Waals surface area contributed by atoms with Crippen molar-refractivity contribution >= 4 is 34.9 Å². The highest BCUT2D eigenvalue weighted by molar-refractivity contribution is 6.35. The fourth-order valence-corrected chi connectivity index (χ4v) is 4.06. The van der Waals surface area contributed by atoms with E-state index in [-0.39, 0.29) is 5.41 Å². The minimum Gasteiger partial charge on any atom is -0.317 e. The van der Waals surface area contributed by atoms with E-state index < -0.39 is 0 Å². The van der Waals surface area contributed by atoms with E-state index in [1.165, 1.54) is 6.33 Å². The molecule has 1 N–H and O–H groups in total. The van der Waals surface area contributed by atoms with Crippen LogP contribution in [0.4, 0.5) is 0 Å². The number of rotatable bonds is 3. The summed E-state index contributed by atoms with van der Waals surface area (Å²) in [4.78, 5) is 12.9. The molecule has 0 atom stereocenters. The highest BCUT2D eigenvalue weighted by Gasteiger charge is 2.36. The molecule has 134 valence electrons. The minimum atomic E-state index is -0.149. The fourth-order valence-electron chi connectivity index (χ4n) is 3.61. The number of nitrogens with one attached hydrogen (secondary N) is 1. The van der Waals surface area contributed by atoms with E-state index in [0.717, 1.165) is 42.8 Å². The van der Waals surface area contributed by atoms with Gasteiger partial charge in [-0.05, 0) is 25.9 Å². The second kappa shape index (κ2) is 6.61. The molecule has 1 aliphatic heterocycles. The van der Waals surface area contributed by atoms with Crippen LogP contribution in [0.2, 0.25) is 10.2 Å². The number of nitrogens with zero attached hydrogens (tertiary/aromatic N) is 5. The minimum absolute atomic E-state index is 0.149. The molecule has 4 rings (SSSR count). The Kier molecular flexibility index (Phi) is 4.42. The summed E-state index contributed by atoms with van der Waals surface area (Å²) in [6.07, 6.45) is 8.41. The number of hydrogen-bond acceptors (Lipinski definition) is 5. The average molecular weight is 389 g/mol. The molecule has 0 aliphatic carbocycles. The van der Waals surface area contributed by atoms with Gasteiger partial charge in [0.2, 0.25) is 0 Å². The topological polar surface area (TPSA) is 68.0 Å². The van der Waals surface area contributed by atoms with Crippen LogP contribution in [0.5, 0.6) is 0 Å². The SMILES string of the molecule is C=Cc1cnn2c(C3(C)CCNCC3)c(-c3ncncc3Cl)c(Cl)nc12. The highest BCUT2D eigenvalue weighted by Crippen LogP contribution is 2.43. The lowest BCUT2D eigenvalue weighted by atomic mass is 9.76. The van der Waals surface area contributed by atoms with Crippen LogP contribution in [-0.4, -0.2) is 37.7 Å². The average Bonchev–Trinajstić information content (AvgIpc) is 3.04. The number of halogens is 2. The lowest BCUT2D eigenvalue weighted by Gasteiger charge is -2.36. The fraction of sp³-hybridized carbons (Fsp3) is 0.333. The van der Waals surface area contributed by atoms with E-state index in [9.17, 15) is 0 Å². The van der Waals surface area contributed by atoms with Crippen molar-refractivity contribution in [3.05, 3.63) is 46.7 Å². The van der Waals surface area contributed by atoms with E-state index in [2.05, 4.69) is 38.9 Å². The van der Waals surface area contributed by atoms with E-state index in [1.54, 1.807) is 18.5 Å². The molecule has 4 heterocycles. The molecule has 0 radical (unpaired) electrons. The van der Waals surface area contributed by atoms with Crippen LogP contribution in [0.25, 0.3) is 23.0 Å². The Bertz CT molecular complexity index is 991. The Labute approximate surface area is 161 Å². The van der Waals surface area contributed by atoms with Crippen LogP contribution >= 0.6 is 23.2 Å². The molecule has 1 aliphatic rings. The van der Waals surface area contributed by atoms with Gasteiger partial charge < -0.3 is 5.32 Å². The summed E-state index contributed by atoms with van der Waals surface area (Å²) in [5.41, 5.74) is 3.65. The highest BCUT2D eigenvalue weighted by atomic mass is 35.5. The molecule has 0 amide bonds. The van der Waals surface area contributed by atoms with Gasteiger partial charge in [-0.25, -0.2) is 19.5 Å². The van der Waals surface area contributed by atoms with Crippen LogP contribution in [0.1, 0.15) is 31.0 Å². The molecule has 0 spiro atoms. The lowest BCUT2D eigenvalue weighted by Crippen LogP contribution is -2.39. The van der Waals surface area contributed by atoms with Gasteiger partial charge in [0, 0.05) is 17.2 Å². The predicted molar refractivity (Wildman–Crippen MR) is 104 cm³/mol. The van der Waals surface area contributed by atoms with E-state index in [0.29, 0.717) is 21.5 Å². The summed E-state index contributed by atoms with van der Waals surface area (Å²) in [7, 11) is 0. The maximum absolute atomic E-state index is 6.66. The van der Waals surface area contributed by atoms with Crippen molar-refractivity contribution < 1.29 is 0 Å². The Morgan fingerprint density at radius 1 is 1.27 bits per heavy atom. The van der Waals surface area contributed by atoms with Gasteiger partial charge in [0.1, 0.15) is 11.5 Å². The molecule has 0 unspecified atom stereocenters. The first-order chi connectivity index (χ1) is 12.5. The number of aromatic nitrogens is 5. The normalized spacial score (nSPS) is 16.7. The standard InChI is InChI=1S/C18H18Cl2N6/c1-3-11-8-24-26-15(18(2)4-6-21-7-5-18)13(16(20)25-17(11)26)14-12(19)9-22-10-23-14/h3,8-10,21H,1,4-7H2,2H3. The number of hydrogen-bond donors (Lipinski definition) is 1. The number of piperidine rings is 1. The summed E-state index contributed by atoms with van der Waals surface area (Å²) in [5, 5.41) is 8.79. The lowest BCUT2D eigenvalue weighted by molar-refractivity contribution is 0.323. The van der Waals surface area contributed by atoms with Gasteiger partial charge in [0.25, 0.3) is 0 Å². The Balaban J connectivity index is 2.11. The quantitative estimate of drug-likeness (QED) is 0.691. The van der Waals surface area contributed by atoms with Crippen LogP contribution in [0.3, 0.4) is 0 Å². The third-order valence-electron chi connectivity index (χ3n) is 5.03. The van der Waals surface area contributed by atoms with Gasteiger partial charge in [-0.1, -0.05) is 42.8 Å². The molecule has 0 saturated carbocycles. The first-order valence-corrected chi connectivity index (χ1v) is 9.17. The van der Waals surface area contributed by atoms with Crippen molar-refractivity contribution in [1.82, 2.24) is 29.9 Å². The Morgan fingerprint density at radius 2 is 2.04 bits per heavy atom. The van der Waals surface area contributed by atoms with Crippen molar-refractivity contribution in [3.8, 4) is 11.3 Å². The maximum Gasteiger partial charge on any atom is 0.164 e. The molecule has 1 fully saturated rings. The maximum atomic E-state index is 6.66. The molecule has 8 heteroatoms. The van der Waals surface area contributed by atoms with E-state index in [1.807, 2.05) is 4.52 Å². The molecular weight excluding hydrogens is 371 g/mol. The predicted octanol–water partition coefficient (Wildman–Crippen LogP) is 3.78. The summed E-state index contributed by atoms with van der Waals surface area (Å²) >= 11 is 13.1. The molecule has 3 aromatic heterocycles. The molecule has 0 bridgehead atoms. The molecular formula is C18H18Cl2N6. The van der Waals surface area contributed by atoms with Gasteiger partial charge in [-0.2, -0.15) is 5.10 Å². The van der Waals surface area contributed by atoms with Crippen molar-refractivity contribution in [3.63, 3.8) is 0 Å². The Morgan fingerprint density at radius 3 is 2.73 bits per heavy atom. The van der Waals surface area contributed by atoms with Crippen molar-refractivity contribution in [2.24, 2.45) is 0 Å². The van der Waals surface area contributed by atoms with Crippen molar-refractivity contribution in [1.29, 1.82) is 0 Å². The zero-order chi connectivity index (χ0) is 18.3.